The first kappa shape index (κ1) is 8.68. The first-order valence-electron chi connectivity index (χ1n) is 3.75. The molecule has 1 fully saturated rings. The predicted octanol–water partition coefficient (Wildman–Crippen LogP) is 0.974. The summed E-state index contributed by atoms with van der Waals surface area (Å²) < 4.78 is 10.4. The van der Waals surface area contributed by atoms with Gasteiger partial charge in [-0.1, -0.05) is 13.8 Å². The number of carbonyl (C=O) groups excluding carboxylic acids is 1. The van der Waals surface area contributed by atoms with Crippen molar-refractivity contribution in [2.75, 3.05) is 13.2 Å². The van der Waals surface area contributed by atoms with Gasteiger partial charge in [0.05, 0.1) is 13.2 Å². The van der Waals surface area contributed by atoms with E-state index in [1.807, 2.05) is 13.8 Å². The van der Waals surface area contributed by atoms with Crippen LogP contribution in [0.2, 0.25) is 0 Å². The Balaban J connectivity index is 2.42. The molecule has 0 radical (unpaired) electrons. The molecular formula is C8H14O3. The Morgan fingerprint density at radius 1 is 1.36 bits per heavy atom. The van der Waals surface area contributed by atoms with E-state index in [9.17, 15) is 4.79 Å². The summed E-state index contributed by atoms with van der Waals surface area (Å²) in [7, 11) is 0. The van der Waals surface area contributed by atoms with Crippen molar-refractivity contribution in [3.05, 3.63) is 0 Å². The molecule has 0 spiro atoms. The van der Waals surface area contributed by atoms with Crippen LogP contribution in [-0.4, -0.2) is 25.3 Å². The molecule has 0 unspecified atom stereocenters. The number of rotatable bonds is 1. The molecule has 0 aliphatic carbocycles. The van der Waals surface area contributed by atoms with Crippen LogP contribution in [0.1, 0.15) is 20.8 Å². The number of hydrogen-bond donors (Lipinski definition) is 0. The summed E-state index contributed by atoms with van der Waals surface area (Å²) in [5.41, 5.74) is 0.0476. The molecule has 3 heteroatoms. The van der Waals surface area contributed by atoms with Gasteiger partial charge in [0.2, 0.25) is 6.29 Å². The van der Waals surface area contributed by atoms with Crippen LogP contribution in [-0.2, 0) is 14.3 Å². The van der Waals surface area contributed by atoms with E-state index in [2.05, 4.69) is 0 Å². The summed E-state index contributed by atoms with van der Waals surface area (Å²) >= 11 is 0. The van der Waals surface area contributed by atoms with Crippen LogP contribution in [0.3, 0.4) is 0 Å². The molecule has 1 rings (SSSR count). The van der Waals surface area contributed by atoms with E-state index in [1.165, 1.54) is 6.92 Å². The Morgan fingerprint density at radius 2 is 1.82 bits per heavy atom. The Labute approximate surface area is 66.7 Å². The zero-order chi connectivity index (χ0) is 8.48. The number of ketones is 1. The molecule has 0 saturated carbocycles. The van der Waals surface area contributed by atoms with Gasteiger partial charge in [-0.15, -0.1) is 0 Å². The Morgan fingerprint density at radius 3 is 2.18 bits per heavy atom. The molecule has 0 aromatic heterocycles. The first-order chi connectivity index (χ1) is 5.01. The molecular weight excluding hydrogens is 144 g/mol. The maximum absolute atomic E-state index is 10.8. The summed E-state index contributed by atoms with van der Waals surface area (Å²) in [6.07, 6.45) is -0.622. The number of ether oxygens (including phenoxy) is 2. The second-order valence-corrected chi connectivity index (χ2v) is 3.73. The van der Waals surface area contributed by atoms with Crippen molar-refractivity contribution in [1.82, 2.24) is 0 Å². The molecule has 0 atom stereocenters. The summed E-state index contributed by atoms with van der Waals surface area (Å²) in [5.74, 6) is -0.0551. The van der Waals surface area contributed by atoms with Crippen LogP contribution in [0.25, 0.3) is 0 Å². The average Bonchev–Trinajstić information content (AvgIpc) is 1.86. The van der Waals surface area contributed by atoms with E-state index >= 15 is 0 Å². The number of Topliss-reactive ketones (excluding diaryl/α,β-unsaturated/α-hetero) is 1. The molecule has 0 amide bonds. The molecule has 0 aromatic rings. The highest BCUT2D eigenvalue weighted by molar-refractivity contribution is 5.79. The van der Waals surface area contributed by atoms with Crippen LogP contribution >= 0.6 is 0 Å². The minimum absolute atomic E-state index is 0.0476. The molecule has 0 aromatic carbocycles. The van der Waals surface area contributed by atoms with Gasteiger partial charge in [0, 0.05) is 5.41 Å². The second-order valence-electron chi connectivity index (χ2n) is 3.73. The van der Waals surface area contributed by atoms with Crippen LogP contribution in [0.5, 0.6) is 0 Å². The van der Waals surface area contributed by atoms with Gasteiger partial charge in [-0.05, 0) is 6.92 Å². The van der Waals surface area contributed by atoms with Crippen LogP contribution in [0, 0.1) is 5.41 Å². The fourth-order valence-corrected chi connectivity index (χ4v) is 0.927. The molecule has 0 N–H and O–H groups in total. The van der Waals surface area contributed by atoms with Gasteiger partial charge >= 0.3 is 0 Å². The number of carbonyl (C=O) groups is 1. The topological polar surface area (TPSA) is 35.5 Å². The monoisotopic (exact) mass is 158 g/mol. The number of hydrogen-bond acceptors (Lipinski definition) is 3. The van der Waals surface area contributed by atoms with Crippen molar-refractivity contribution in [3.8, 4) is 0 Å². The van der Waals surface area contributed by atoms with E-state index in [4.69, 9.17) is 9.47 Å². The molecule has 3 nitrogen and oxygen atoms in total. The highest BCUT2D eigenvalue weighted by Gasteiger charge is 2.30. The van der Waals surface area contributed by atoms with E-state index in [1.54, 1.807) is 0 Å². The molecule has 11 heavy (non-hydrogen) atoms. The summed E-state index contributed by atoms with van der Waals surface area (Å²) in [6.45, 7) is 6.75. The van der Waals surface area contributed by atoms with Gasteiger partial charge in [-0.3, -0.25) is 4.79 Å². The van der Waals surface area contributed by atoms with Gasteiger partial charge in [0.15, 0.2) is 5.78 Å². The van der Waals surface area contributed by atoms with Crippen LogP contribution < -0.4 is 0 Å². The molecule has 1 aliphatic heterocycles. The van der Waals surface area contributed by atoms with E-state index in [-0.39, 0.29) is 11.2 Å². The quantitative estimate of drug-likeness (QED) is 0.570. The zero-order valence-corrected chi connectivity index (χ0v) is 7.22. The third-order valence-electron chi connectivity index (χ3n) is 1.58. The molecule has 64 valence electrons. The molecule has 1 aliphatic rings. The Hall–Kier alpha value is -0.410. The van der Waals surface area contributed by atoms with E-state index < -0.39 is 6.29 Å². The SMILES string of the molecule is CC(=O)C1OCC(C)(C)CO1. The van der Waals surface area contributed by atoms with Crippen molar-refractivity contribution < 1.29 is 14.3 Å². The van der Waals surface area contributed by atoms with Crippen molar-refractivity contribution in [2.45, 2.75) is 27.1 Å². The normalized spacial score (nSPS) is 25.0. The van der Waals surface area contributed by atoms with Gasteiger partial charge in [0.1, 0.15) is 0 Å². The maximum atomic E-state index is 10.8. The standard InChI is InChI=1S/C8H14O3/c1-6(9)7-10-4-8(2,3)5-11-7/h7H,4-5H2,1-3H3. The predicted molar refractivity (Wildman–Crippen MR) is 40.2 cm³/mol. The van der Waals surface area contributed by atoms with Crippen LogP contribution in [0.15, 0.2) is 0 Å². The lowest BCUT2D eigenvalue weighted by atomic mass is 9.95. The highest BCUT2D eigenvalue weighted by Crippen LogP contribution is 2.22. The van der Waals surface area contributed by atoms with Gasteiger partial charge < -0.3 is 9.47 Å². The van der Waals surface area contributed by atoms with Gasteiger partial charge in [-0.25, -0.2) is 0 Å². The molecule has 0 bridgehead atoms. The van der Waals surface area contributed by atoms with E-state index in [0.717, 1.165) is 0 Å². The maximum Gasteiger partial charge on any atom is 0.217 e. The van der Waals surface area contributed by atoms with Crippen molar-refractivity contribution in [2.24, 2.45) is 5.41 Å². The minimum Gasteiger partial charge on any atom is -0.345 e. The summed E-state index contributed by atoms with van der Waals surface area (Å²) in [6, 6.07) is 0. The highest BCUT2D eigenvalue weighted by atomic mass is 16.7. The summed E-state index contributed by atoms with van der Waals surface area (Å²) in [4.78, 5) is 10.8. The largest absolute Gasteiger partial charge is 0.345 e. The van der Waals surface area contributed by atoms with Crippen molar-refractivity contribution in [1.29, 1.82) is 0 Å². The zero-order valence-electron chi connectivity index (χ0n) is 7.22. The van der Waals surface area contributed by atoms with Crippen LogP contribution in [0.4, 0.5) is 0 Å². The van der Waals surface area contributed by atoms with E-state index in [0.29, 0.717) is 13.2 Å². The smallest absolute Gasteiger partial charge is 0.217 e. The first-order valence-corrected chi connectivity index (χ1v) is 3.75. The molecule has 1 saturated heterocycles. The average molecular weight is 158 g/mol. The fraction of sp³-hybridized carbons (Fsp3) is 0.875. The molecule has 1 heterocycles. The lowest BCUT2D eigenvalue weighted by Crippen LogP contribution is -2.40. The minimum atomic E-state index is -0.622. The Kier molecular flexibility index (Phi) is 2.30. The van der Waals surface area contributed by atoms with Gasteiger partial charge in [-0.2, -0.15) is 0 Å². The fourth-order valence-electron chi connectivity index (χ4n) is 0.927. The van der Waals surface area contributed by atoms with Crippen molar-refractivity contribution >= 4 is 5.78 Å². The Bertz CT molecular complexity index is 153. The lowest BCUT2D eigenvalue weighted by molar-refractivity contribution is -0.216. The third-order valence-corrected chi connectivity index (χ3v) is 1.58. The lowest BCUT2D eigenvalue weighted by Gasteiger charge is -2.33. The third kappa shape index (κ3) is 2.27. The summed E-state index contributed by atoms with van der Waals surface area (Å²) in [5, 5.41) is 0. The van der Waals surface area contributed by atoms with Crippen molar-refractivity contribution in [3.63, 3.8) is 0 Å². The van der Waals surface area contributed by atoms with Gasteiger partial charge in [0.25, 0.3) is 0 Å². The second kappa shape index (κ2) is 2.91.